The molecule has 0 aromatic carbocycles. The zero-order valence-corrected chi connectivity index (χ0v) is 8.99. The first-order chi connectivity index (χ1) is 6.04. The van der Waals surface area contributed by atoms with Gasteiger partial charge in [-0.15, -0.1) is 0 Å². The van der Waals surface area contributed by atoms with Crippen molar-refractivity contribution in [1.29, 1.82) is 0 Å². The summed E-state index contributed by atoms with van der Waals surface area (Å²) in [4.78, 5) is 0. The molecular weight excluding hydrogens is 160 g/mol. The van der Waals surface area contributed by atoms with Crippen LogP contribution in [0.3, 0.4) is 0 Å². The van der Waals surface area contributed by atoms with Gasteiger partial charge in [0.2, 0.25) is 0 Å². The molecule has 1 aliphatic carbocycles. The Morgan fingerprint density at radius 1 is 0.923 bits per heavy atom. The molecule has 1 heteroatoms. The Morgan fingerprint density at radius 2 is 1.54 bits per heavy atom. The molecule has 2 rings (SSSR count). The van der Waals surface area contributed by atoms with E-state index in [-0.39, 0.29) is 6.10 Å². The fraction of sp³-hybridized carbons (Fsp3) is 0.500. The predicted octanol–water partition coefficient (Wildman–Crippen LogP) is 3.35. The molecule has 0 N–H and O–H groups in total. The lowest BCUT2D eigenvalue weighted by molar-refractivity contribution is 0.188. The zero-order valence-electron chi connectivity index (χ0n) is 8.99. The first-order valence-electron chi connectivity index (χ1n) is 4.81. The van der Waals surface area contributed by atoms with Crippen LogP contribution in [-0.2, 0) is 4.74 Å². The van der Waals surface area contributed by atoms with Crippen molar-refractivity contribution in [2.24, 2.45) is 0 Å². The third-order valence-corrected chi connectivity index (χ3v) is 3.37. The number of hydrogen-bond donors (Lipinski definition) is 0. The maximum absolute atomic E-state index is 5.81. The van der Waals surface area contributed by atoms with E-state index < -0.39 is 0 Å². The second-order valence-electron chi connectivity index (χ2n) is 4.02. The minimum absolute atomic E-state index is 0.267. The van der Waals surface area contributed by atoms with Gasteiger partial charge in [0.05, 0.1) is 0 Å². The average Bonchev–Trinajstić information content (AvgIpc) is 2.48. The minimum atomic E-state index is 0.267. The molecule has 13 heavy (non-hydrogen) atoms. The van der Waals surface area contributed by atoms with Gasteiger partial charge in [0, 0.05) is 5.57 Å². The maximum Gasteiger partial charge on any atom is 0.130 e. The third-order valence-electron chi connectivity index (χ3n) is 3.37. The second-order valence-corrected chi connectivity index (χ2v) is 4.02. The van der Waals surface area contributed by atoms with Crippen molar-refractivity contribution in [3.8, 4) is 0 Å². The van der Waals surface area contributed by atoms with Gasteiger partial charge in [0.15, 0.2) is 0 Å². The number of allylic oxidation sites excluding steroid dienone is 3. The summed E-state index contributed by atoms with van der Waals surface area (Å²) in [6.07, 6.45) is 0.267. The number of ether oxygens (including phenoxy) is 1. The molecule has 0 saturated heterocycles. The molecule has 1 heterocycles. The Morgan fingerprint density at radius 3 is 2.08 bits per heavy atom. The molecule has 1 aliphatic heterocycles. The fourth-order valence-corrected chi connectivity index (χ4v) is 2.09. The Labute approximate surface area is 79.8 Å². The molecule has 0 spiro atoms. The van der Waals surface area contributed by atoms with Crippen molar-refractivity contribution in [3.05, 3.63) is 33.6 Å². The lowest BCUT2D eigenvalue weighted by Gasteiger charge is -2.07. The van der Waals surface area contributed by atoms with E-state index >= 15 is 0 Å². The van der Waals surface area contributed by atoms with Crippen LogP contribution in [0.4, 0.5) is 0 Å². The topological polar surface area (TPSA) is 9.23 Å². The van der Waals surface area contributed by atoms with E-state index in [1.54, 1.807) is 0 Å². The van der Waals surface area contributed by atoms with Gasteiger partial charge in [-0.2, -0.15) is 0 Å². The van der Waals surface area contributed by atoms with E-state index in [0.717, 1.165) is 5.76 Å². The van der Waals surface area contributed by atoms with Crippen molar-refractivity contribution in [3.63, 3.8) is 0 Å². The number of rotatable bonds is 0. The molecule has 0 fully saturated rings. The molecule has 70 valence electrons. The summed E-state index contributed by atoms with van der Waals surface area (Å²) < 4.78 is 5.81. The van der Waals surface area contributed by atoms with Gasteiger partial charge in [-0.25, -0.2) is 0 Å². The van der Waals surface area contributed by atoms with Gasteiger partial charge in [0.25, 0.3) is 0 Å². The molecule has 1 nitrogen and oxygen atoms in total. The molecule has 0 aromatic heterocycles. The third kappa shape index (κ3) is 0.932. The first kappa shape index (κ1) is 8.61. The molecule has 2 aliphatic rings. The summed E-state index contributed by atoms with van der Waals surface area (Å²) >= 11 is 0. The van der Waals surface area contributed by atoms with Gasteiger partial charge in [-0.1, -0.05) is 0 Å². The van der Waals surface area contributed by atoms with Crippen molar-refractivity contribution < 1.29 is 4.74 Å². The Kier molecular flexibility index (Phi) is 1.66. The van der Waals surface area contributed by atoms with Crippen LogP contribution < -0.4 is 0 Å². The first-order valence-corrected chi connectivity index (χ1v) is 4.81. The van der Waals surface area contributed by atoms with Crippen LogP contribution in [0.5, 0.6) is 0 Å². The molecule has 1 unspecified atom stereocenters. The fourth-order valence-electron chi connectivity index (χ4n) is 2.09. The average molecular weight is 176 g/mol. The summed E-state index contributed by atoms with van der Waals surface area (Å²) in [5, 5.41) is 0. The van der Waals surface area contributed by atoms with E-state index in [1.807, 2.05) is 0 Å². The summed E-state index contributed by atoms with van der Waals surface area (Å²) in [6, 6.07) is 0. The highest BCUT2D eigenvalue weighted by Gasteiger charge is 2.32. The molecule has 0 radical (unpaired) electrons. The Hall–Kier alpha value is -0.980. The summed E-state index contributed by atoms with van der Waals surface area (Å²) in [7, 11) is 0. The maximum atomic E-state index is 5.81. The monoisotopic (exact) mass is 176 g/mol. The molecule has 0 aromatic rings. The van der Waals surface area contributed by atoms with Gasteiger partial charge in [-0.05, 0) is 56.9 Å². The quantitative estimate of drug-likeness (QED) is 0.550. The van der Waals surface area contributed by atoms with E-state index in [4.69, 9.17) is 4.74 Å². The molecule has 1 atom stereocenters. The van der Waals surface area contributed by atoms with Gasteiger partial charge >= 0.3 is 0 Å². The van der Waals surface area contributed by atoms with Crippen molar-refractivity contribution in [2.45, 2.75) is 40.7 Å². The second kappa shape index (κ2) is 2.50. The predicted molar refractivity (Wildman–Crippen MR) is 54.3 cm³/mol. The Bertz CT molecular complexity index is 367. The lowest BCUT2D eigenvalue weighted by Crippen LogP contribution is -2.01. The van der Waals surface area contributed by atoms with E-state index in [0.29, 0.717) is 0 Å². The van der Waals surface area contributed by atoms with Crippen LogP contribution in [0.2, 0.25) is 0 Å². The highest BCUT2D eigenvalue weighted by molar-refractivity contribution is 5.63. The van der Waals surface area contributed by atoms with E-state index in [9.17, 15) is 0 Å². The van der Waals surface area contributed by atoms with Crippen LogP contribution in [0, 0.1) is 0 Å². The summed E-state index contributed by atoms with van der Waals surface area (Å²) in [6.45, 7) is 10.8. The van der Waals surface area contributed by atoms with Crippen LogP contribution in [0.1, 0.15) is 34.6 Å². The largest absolute Gasteiger partial charge is 0.485 e. The number of hydrogen-bond acceptors (Lipinski definition) is 1. The number of fused-ring (bicyclic) bond motifs is 1. The normalized spacial score (nSPS) is 27.3. The summed E-state index contributed by atoms with van der Waals surface area (Å²) in [5.41, 5.74) is 6.84. The van der Waals surface area contributed by atoms with E-state index in [2.05, 4.69) is 34.6 Å². The van der Waals surface area contributed by atoms with Gasteiger partial charge in [-0.3, -0.25) is 0 Å². The SMILES string of the molecule is CC1=C(C)C2=C(C)C(C)OC2=C1C. The van der Waals surface area contributed by atoms with Gasteiger partial charge in [0.1, 0.15) is 11.9 Å². The Balaban J connectivity index is 2.64. The van der Waals surface area contributed by atoms with Crippen LogP contribution >= 0.6 is 0 Å². The standard InChI is InChI=1S/C12H16O/c1-6-7(2)11-9(4)10(5)13-12(11)8(6)3/h10H,1-5H3. The lowest BCUT2D eigenvalue weighted by atomic mass is 10.0. The highest BCUT2D eigenvalue weighted by atomic mass is 16.5. The zero-order chi connectivity index (χ0) is 9.75. The molecule has 0 amide bonds. The van der Waals surface area contributed by atoms with Crippen molar-refractivity contribution >= 4 is 0 Å². The van der Waals surface area contributed by atoms with Crippen LogP contribution in [-0.4, -0.2) is 6.10 Å². The minimum Gasteiger partial charge on any atom is -0.485 e. The highest BCUT2D eigenvalue weighted by Crippen LogP contribution is 2.44. The van der Waals surface area contributed by atoms with Crippen LogP contribution in [0.25, 0.3) is 0 Å². The van der Waals surface area contributed by atoms with Crippen molar-refractivity contribution in [2.75, 3.05) is 0 Å². The van der Waals surface area contributed by atoms with Gasteiger partial charge < -0.3 is 4.74 Å². The van der Waals surface area contributed by atoms with Crippen molar-refractivity contribution in [1.82, 2.24) is 0 Å². The molecular formula is C12H16O. The molecule has 0 saturated carbocycles. The molecule has 0 bridgehead atoms. The van der Waals surface area contributed by atoms with Crippen LogP contribution in [0.15, 0.2) is 33.6 Å². The summed E-state index contributed by atoms with van der Waals surface area (Å²) in [5.74, 6) is 1.13. The smallest absolute Gasteiger partial charge is 0.130 e. The van der Waals surface area contributed by atoms with E-state index in [1.165, 1.54) is 27.9 Å².